The average Bonchev–Trinajstić information content (AvgIpc) is 2.28. The number of nitrogens with one attached hydrogen (secondary N) is 1. The highest BCUT2D eigenvalue weighted by Gasteiger charge is 2.14. The maximum absolute atomic E-state index is 11.7. The van der Waals surface area contributed by atoms with Gasteiger partial charge in [0.25, 0.3) is 0 Å². The Labute approximate surface area is 101 Å². The molecule has 0 aromatic carbocycles. The SMILES string of the molecule is Cc1ccc(NC(=O)[C@@H](N)COC(C)C)cn1. The van der Waals surface area contributed by atoms with Crippen LogP contribution in [0, 0.1) is 6.92 Å². The zero-order valence-electron chi connectivity index (χ0n) is 10.4. The second-order valence-corrected chi connectivity index (χ2v) is 4.17. The Kier molecular flexibility index (Phi) is 5.06. The molecule has 0 saturated carbocycles. The number of rotatable bonds is 5. The topological polar surface area (TPSA) is 77.2 Å². The van der Waals surface area contributed by atoms with Crippen LogP contribution in [0.3, 0.4) is 0 Å². The molecule has 17 heavy (non-hydrogen) atoms. The summed E-state index contributed by atoms with van der Waals surface area (Å²) in [6.07, 6.45) is 1.67. The molecule has 0 fully saturated rings. The minimum Gasteiger partial charge on any atom is -0.377 e. The van der Waals surface area contributed by atoms with Gasteiger partial charge in [-0.25, -0.2) is 0 Å². The molecule has 1 aromatic heterocycles. The van der Waals surface area contributed by atoms with Crippen molar-refractivity contribution >= 4 is 11.6 Å². The number of pyridine rings is 1. The van der Waals surface area contributed by atoms with Gasteiger partial charge in [0, 0.05) is 5.69 Å². The van der Waals surface area contributed by atoms with Crippen molar-refractivity contribution in [1.82, 2.24) is 4.98 Å². The first-order valence-corrected chi connectivity index (χ1v) is 5.59. The Morgan fingerprint density at radius 3 is 2.76 bits per heavy atom. The Bertz CT molecular complexity index is 363. The van der Waals surface area contributed by atoms with Crippen LogP contribution in [0.4, 0.5) is 5.69 Å². The van der Waals surface area contributed by atoms with Crippen LogP contribution in [-0.4, -0.2) is 29.6 Å². The van der Waals surface area contributed by atoms with E-state index in [1.807, 2.05) is 26.8 Å². The number of anilines is 1. The van der Waals surface area contributed by atoms with Crippen LogP contribution in [0.1, 0.15) is 19.5 Å². The summed E-state index contributed by atoms with van der Waals surface area (Å²) in [6, 6.07) is 2.95. The van der Waals surface area contributed by atoms with Gasteiger partial charge in [-0.1, -0.05) is 0 Å². The molecule has 1 heterocycles. The van der Waals surface area contributed by atoms with E-state index in [9.17, 15) is 4.79 Å². The Morgan fingerprint density at radius 1 is 1.53 bits per heavy atom. The number of carbonyl (C=O) groups is 1. The second kappa shape index (κ2) is 6.32. The summed E-state index contributed by atoms with van der Waals surface area (Å²) in [4.78, 5) is 15.7. The lowest BCUT2D eigenvalue weighted by Crippen LogP contribution is -2.40. The van der Waals surface area contributed by atoms with Crippen LogP contribution in [0.15, 0.2) is 18.3 Å². The first-order valence-electron chi connectivity index (χ1n) is 5.59. The van der Waals surface area contributed by atoms with Gasteiger partial charge in [-0.2, -0.15) is 0 Å². The smallest absolute Gasteiger partial charge is 0.243 e. The van der Waals surface area contributed by atoms with E-state index in [4.69, 9.17) is 10.5 Å². The number of aryl methyl sites for hydroxylation is 1. The summed E-state index contributed by atoms with van der Waals surface area (Å²) < 4.78 is 5.28. The highest BCUT2D eigenvalue weighted by molar-refractivity contribution is 5.94. The van der Waals surface area contributed by atoms with Crippen LogP contribution >= 0.6 is 0 Å². The highest BCUT2D eigenvalue weighted by atomic mass is 16.5. The zero-order chi connectivity index (χ0) is 12.8. The molecule has 0 aliphatic rings. The minimum atomic E-state index is -0.668. The van der Waals surface area contributed by atoms with Crippen LogP contribution < -0.4 is 11.1 Å². The van der Waals surface area contributed by atoms with E-state index in [0.29, 0.717) is 5.69 Å². The third-order valence-electron chi connectivity index (χ3n) is 2.12. The van der Waals surface area contributed by atoms with E-state index in [2.05, 4.69) is 10.3 Å². The predicted octanol–water partition coefficient (Wildman–Crippen LogP) is 1.08. The second-order valence-electron chi connectivity index (χ2n) is 4.17. The minimum absolute atomic E-state index is 0.0647. The van der Waals surface area contributed by atoms with Gasteiger partial charge >= 0.3 is 0 Å². The molecule has 3 N–H and O–H groups in total. The number of nitrogens with two attached hydrogens (primary N) is 1. The van der Waals surface area contributed by atoms with Crippen LogP contribution in [-0.2, 0) is 9.53 Å². The van der Waals surface area contributed by atoms with Crippen molar-refractivity contribution < 1.29 is 9.53 Å². The molecular weight excluding hydrogens is 218 g/mol. The van der Waals surface area contributed by atoms with Crippen molar-refractivity contribution in [2.45, 2.75) is 32.9 Å². The van der Waals surface area contributed by atoms with E-state index in [-0.39, 0.29) is 18.6 Å². The van der Waals surface area contributed by atoms with Gasteiger partial charge in [0.2, 0.25) is 5.91 Å². The molecule has 0 spiro atoms. The molecule has 5 heteroatoms. The van der Waals surface area contributed by atoms with Crippen LogP contribution in [0.2, 0.25) is 0 Å². The molecule has 0 radical (unpaired) electrons. The van der Waals surface area contributed by atoms with E-state index in [0.717, 1.165) is 5.69 Å². The predicted molar refractivity (Wildman–Crippen MR) is 66.7 cm³/mol. The number of amides is 1. The first-order chi connectivity index (χ1) is 7.99. The van der Waals surface area contributed by atoms with E-state index >= 15 is 0 Å². The highest BCUT2D eigenvalue weighted by Crippen LogP contribution is 2.05. The number of nitrogens with zero attached hydrogens (tertiary/aromatic N) is 1. The summed E-state index contributed by atoms with van der Waals surface area (Å²) in [5.74, 6) is -0.267. The largest absolute Gasteiger partial charge is 0.377 e. The van der Waals surface area contributed by atoms with Gasteiger partial charge in [0.05, 0.1) is 24.6 Å². The van der Waals surface area contributed by atoms with Crippen molar-refractivity contribution in [1.29, 1.82) is 0 Å². The number of carbonyl (C=O) groups excluding carboxylic acids is 1. The summed E-state index contributed by atoms with van der Waals surface area (Å²) in [5, 5.41) is 2.69. The van der Waals surface area contributed by atoms with E-state index in [1.165, 1.54) is 0 Å². The lowest BCUT2D eigenvalue weighted by atomic mass is 10.3. The summed E-state index contributed by atoms with van der Waals surface area (Å²) >= 11 is 0. The molecule has 1 aromatic rings. The molecule has 1 rings (SSSR count). The first kappa shape index (κ1) is 13.6. The molecule has 0 unspecified atom stereocenters. The average molecular weight is 237 g/mol. The van der Waals surface area contributed by atoms with Crippen molar-refractivity contribution in [3.05, 3.63) is 24.0 Å². The Morgan fingerprint density at radius 2 is 2.24 bits per heavy atom. The molecule has 0 saturated heterocycles. The quantitative estimate of drug-likeness (QED) is 0.803. The molecule has 94 valence electrons. The molecule has 0 aliphatic carbocycles. The zero-order valence-corrected chi connectivity index (χ0v) is 10.4. The standard InChI is InChI=1S/C12H19N3O2/c1-8(2)17-7-11(13)12(16)15-10-5-4-9(3)14-6-10/h4-6,8,11H,7,13H2,1-3H3,(H,15,16)/t11-/m0/s1. The van der Waals surface area contributed by atoms with Crippen LogP contribution in [0.25, 0.3) is 0 Å². The Hall–Kier alpha value is -1.46. The number of aromatic nitrogens is 1. The Balaban J connectivity index is 2.45. The van der Waals surface area contributed by atoms with Gasteiger partial charge in [0.15, 0.2) is 0 Å². The number of ether oxygens (including phenoxy) is 1. The third-order valence-corrected chi connectivity index (χ3v) is 2.12. The van der Waals surface area contributed by atoms with Crippen molar-refractivity contribution in [2.75, 3.05) is 11.9 Å². The molecular formula is C12H19N3O2. The van der Waals surface area contributed by atoms with Gasteiger partial charge in [-0.15, -0.1) is 0 Å². The van der Waals surface area contributed by atoms with Gasteiger partial charge in [0.1, 0.15) is 6.04 Å². The molecule has 1 amide bonds. The maximum atomic E-state index is 11.7. The monoisotopic (exact) mass is 237 g/mol. The van der Waals surface area contributed by atoms with Gasteiger partial charge in [-0.05, 0) is 32.9 Å². The summed E-state index contributed by atoms with van der Waals surface area (Å²) in [5.41, 5.74) is 7.22. The number of hydrogen-bond donors (Lipinski definition) is 2. The molecule has 5 nitrogen and oxygen atoms in total. The summed E-state index contributed by atoms with van der Waals surface area (Å²) in [7, 11) is 0. The van der Waals surface area contributed by atoms with Gasteiger partial charge < -0.3 is 15.8 Å². The fourth-order valence-corrected chi connectivity index (χ4v) is 1.15. The third kappa shape index (κ3) is 4.93. The fourth-order valence-electron chi connectivity index (χ4n) is 1.15. The lowest BCUT2D eigenvalue weighted by molar-refractivity contribution is -0.119. The molecule has 0 aliphatic heterocycles. The van der Waals surface area contributed by atoms with E-state index < -0.39 is 6.04 Å². The number of hydrogen-bond acceptors (Lipinski definition) is 4. The normalized spacial score (nSPS) is 12.5. The fraction of sp³-hybridized carbons (Fsp3) is 0.500. The van der Waals surface area contributed by atoms with Crippen molar-refractivity contribution in [3.8, 4) is 0 Å². The molecule has 0 bridgehead atoms. The van der Waals surface area contributed by atoms with E-state index in [1.54, 1.807) is 12.3 Å². The van der Waals surface area contributed by atoms with Gasteiger partial charge in [-0.3, -0.25) is 9.78 Å². The molecule has 1 atom stereocenters. The van der Waals surface area contributed by atoms with Crippen LogP contribution in [0.5, 0.6) is 0 Å². The van der Waals surface area contributed by atoms with Crippen molar-refractivity contribution in [2.24, 2.45) is 5.73 Å². The maximum Gasteiger partial charge on any atom is 0.243 e. The lowest BCUT2D eigenvalue weighted by Gasteiger charge is -2.14. The summed E-state index contributed by atoms with van der Waals surface area (Å²) in [6.45, 7) is 5.89. The van der Waals surface area contributed by atoms with Crippen molar-refractivity contribution in [3.63, 3.8) is 0 Å².